The highest BCUT2D eigenvalue weighted by atomic mass is 79.9. The van der Waals surface area contributed by atoms with Crippen molar-refractivity contribution in [1.29, 1.82) is 0 Å². The average Bonchev–Trinajstić information content (AvgIpc) is 2.64. The molecule has 1 aliphatic rings. The molecule has 0 aromatic heterocycles. The van der Waals surface area contributed by atoms with Crippen molar-refractivity contribution in [1.82, 2.24) is 4.31 Å². The number of aryl methyl sites for hydroxylation is 1. The van der Waals surface area contributed by atoms with Crippen molar-refractivity contribution in [2.75, 3.05) is 18.4 Å². The molecule has 2 aromatic carbocycles. The monoisotopic (exact) mass is 470 g/mol. The highest BCUT2D eigenvalue weighted by molar-refractivity contribution is 9.10. The van der Waals surface area contributed by atoms with Gasteiger partial charge >= 0.3 is 0 Å². The second-order valence-corrected chi connectivity index (χ2v) is 9.89. The molecule has 0 radical (unpaired) electrons. The number of nitrogens with zero attached hydrogens (tertiary/aromatic N) is 1. The van der Waals surface area contributed by atoms with E-state index in [1.165, 1.54) is 4.31 Å². The van der Waals surface area contributed by atoms with Crippen LogP contribution in [-0.4, -0.2) is 31.7 Å². The average molecular weight is 472 g/mol. The fourth-order valence-corrected chi connectivity index (χ4v) is 5.15. The molecule has 1 saturated heterocycles. The van der Waals surface area contributed by atoms with E-state index in [1.54, 1.807) is 42.5 Å². The van der Waals surface area contributed by atoms with Crippen LogP contribution in [0, 0.1) is 12.8 Å². The van der Waals surface area contributed by atoms with Crippen LogP contribution in [0.1, 0.15) is 18.4 Å². The summed E-state index contributed by atoms with van der Waals surface area (Å²) < 4.78 is 28.0. The molecule has 1 N–H and O–H groups in total. The lowest BCUT2D eigenvalue weighted by molar-refractivity contribution is -0.120. The predicted molar refractivity (Wildman–Crippen MR) is 110 cm³/mol. The van der Waals surface area contributed by atoms with Gasteiger partial charge in [-0.25, -0.2) is 8.42 Å². The predicted octanol–water partition coefficient (Wildman–Crippen LogP) is 4.45. The van der Waals surface area contributed by atoms with Gasteiger partial charge < -0.3 is 5.32 Å². The minimum absolute atomic E-state index is 0.170. The largest absolute Gasteiger partial charge is 0.326 e. The van der Waals surface area contributed by atoms with Gasteiger partial charge in [0.15, 0.2) is 0 Å². The van der Waals surface area contributed by atoms with E-state index >= 15 is 0 Å². The third kappa shape index (κ3) is 4.71. The van der Waals surface area contributed by atoms with Gasteiger partial charge in [-0.2, -0.15) is 4.31 Å². The van der Waals surface area contributed by atoms with Crippen molar-refractivity contribution < 1.29 is 13.2 Å². The summed E-state index contributed by atoms with van der Waals surface area (Å²) >= 11 is 9.26. The van der Waals surface area contributed by atoms with E-state index in [0.29, 0.717) is 30.1 Å². The number of carbonyl (C=O) groups excluding carboxylic acids is 1. The molecule has 1 fully saturated rings. The number of hydrogen-bond donors (Lipinski definition) is 1. The Balaban J connectivity index is 1.73. The summed E-state index contributed by atoms with van der Waals surface area (Å²) in [5.74, 6) is -0.560. The van der Waals surface area contributed by atoms with Crippen LogP contribution in [0.2, 0.25) is 5.02 Å². The van der Waals surface area contributed by atoms with Crippen molar-refractivity contribution in [3.63, 3.8) is 0 Å². The Morgan fingerprint density at radius 2 is 1.93 bits per heavy atom. The van der Waals surface area contributed by atoms with Crippen LogP contribution in [0.5, 0.6) is 0 Å². The van der Waals surface area contributed by atoms with Gasteiger partial charge in [0.2, 0.25) is 15.9 Å². The molecule has 0 aliphatic carbocycles. The van der Waals surface area contributed by atoms with Gasteiger partial charge in [0.05, 0.1) is 10.8 Å². The van der Waals surface area contributed by atoms with Gasteiger partial charge in [0.1, 0.15) is 0 Å². The second-order valence-electron chi connectivity index (χ2n) is 6.60. The number of nitrogens with one attached hydrogen (secondary N) is 1. The topological polar surface area (TPSA) is 66.5 Å². The molecule has 0 saturated carbocycles. The number of sulfonamides is 1. The van der Waals surface area contributed by atoms with Gasteiger partial charge in [-0.05, 0) is 67.8 Å². The van der Waals surface area contributed by atoms with Gasteiger partial charge in [-0.15, -0.1) is 0 Å². The minimum atomic E-state index is -3.62. The lowest BCUT2D eigenvalue weighted by Gasteiger charge is -2.31. The number of halogens is 2. The quantitative estimate of drug-likeness (QED) is 0.716. The van der Waals surface area contributed by atoms with Crippen LogP contribution in [0.15, 0.2) is 51.8 Å². The smallest absolute Gasteiger partial charge is 0.243 e. The molecule has 5 nitrogen and oxygen atoms in total. The maximum atomic E-state index is 12.9. The van der Waals surface area contributed by atoms with Crippen molar-refractivity contribution in [2.45, 2.75) is 24.7 Å². The molecule has 144 valence electrons. The number of anilines is 1. The summed E-state index contributed by atoms with van der Waals surface area (Å²) in [6.45, 7) is 2.46. The lowest BCUT2D eigenvalue weighted by Crippen LogP contribution is -2.43. The van der Waals surface area contributed by atoms with E-state index in [2.05, 4.69) is 21.2 Å². The third-order valence-corrected chi connectivity index (χ3v) is 7.30. The molecule has 0 unspecified atom stereocenters. The number of carbonyl (C=O) groups is 1. The molecule has 27 heavy (non-hydrogen) atoms. The highest BCUT2D eigenvalue weighted by Gasteiger charge is 2.33. The molecule has 1 atom stereocenters. The molecule has 3 rings (SSSR count). The number of piperidine rings is 1. The van der Waals surface area contributed by atoms with Crippen LogP contribution >= 0.6 is 27.5 Å². The maximum absolute atomic E-state index is 12.9. The van der Waals surface area contributed by atoms with Crippen LogP contribution < -0.4 is 5.32 Å². The highest BCUT2D eigenvalue weighted by Crippen LogP contribution is 2.26. The molecule has 8 heteroatoms. The van der Waals surface area contributed by atoms with Crippen molar-refractivity contribution in [3.05, 3.63) is 57.5 Å². The molecule has 1 aliphatic heterocycles. The van der Waals surface area contributed by atoms with Gasteiger partial charge in [0.25, 0.3) is 0 Å². The van der Waals surface area contributed by atoms with Gasteiger partial charge in [0, 0.05) is 28.3 Å². The minimum Gasteiger partial charge on any atom is -0.326 e. The maximum Gasteiger partial charge on any atom is 0.243 e. The standard InChI is InChI=1S/C19H20BrClN2O3S/c1-13-11-16(21)6-9-18(13)22-19(24)14-3-2-10-23(12-14)27(25,26)17-7-4-15(20)5-8-17/h4-9,11,14H,2-3,10,12H2,1H3,(H,22,24)/t14-/m0/s1. The Morgan fingerprint density at radius 3 is 2.59 bits per heavy atom. The second kappa shape index (κ2) is 8.31. The van der Waals surface area contributed by atoms with E-state index in [9.17, 15) is 13.2 Å². The summed E-state index contributed by atoms with van der Waals surface area (Å²) in [6, 6.07) is 11.8. The Kier molecular flexibility index (Phi) is 6.25. The van der Waals surface area contributed by atoms with Crippen LogP contribution in [0.25, 0.3) is 0 Å². The van der Waals surface area contributed by atoms with E-state index in [1.807, 2.05) is 6.92 Å². The Bertz CT molecular complexity index is 948. The number of rotatable bonds is 4. The summed E-state index contributed by atoms with van der Waals surface area (Å²) in [5, 5.41) is 3.51. The third-order valence-electron chi connectivity index (χ3n) is 4.65. The van der Waals surface area contributed by atoms with Crippen molar-refractivity contribution in [2.24, 2.45) is 5.92 Å². The van der Waals surface area contributed by atoms with Crippen LogP contribution in [0.4, 0.5) is 5.69 Å². The molecule has 2 aromatic rings. The first kappa shape index (κ1) is 20.3. The van der Waals surface area contributed by atoms with Gasteiger partial charge in [-0.3, -0.25) is 4.79 Å². The summed E-state index contributed by atoms with van der Waals surface area (Å²) in [4.78, 5) is 12.9. The normalized spacial score (nSPS) is 18.3. The zero-order chi connectivity index (χ0) is 19.6. The first-order valence-corrected chi connectivity index (χ1v) is 11.2. The van der Waals surface area contributed by atoms with E-state index in [4.69, 9.17) is 11.6 Å². The lowest BCUT2D eigenvalue weighted by atomic mass is 9.98. The number of hydrogen-bond acceptors (Lipinski definition) is 3. The van der Waals surface area contributed by atoms with Crippen molar-refractivity contribution in [3.8, 4) is 0 Å². The van der Waals surface area contributed by atoms with E-state index < -0.39 is 10.0 Å². The summed E-state index contributed by atoms with van der Waals surface area (Å²) in [7, 11) is -3.62. The Labute approximate surface area is 172 Å². The molecular weight excluding hydrogens is 452 g/mol. The zero-order valence-electron chi connectivity index (χ0n) is 14.8. The SMILES string of the molecule is Cc1cc(Cl)ccc1NC(=O)[C@H]1CCCN(S(=O)(=O)c2ccc(Br)cc2)C1. The fraction of sp³-hybridized carbons (Fsp3) is 0.316. The van der Waals surface area contributed by atoms with E-state index in [-0.39, 0.29) is 23.3 Å². The summed E-state index contributed by atoms with van der Waals surface area (Å²) in [5.41, 5.74) is 1.56. The molecular formula is C19H20BrClN2O3S. The Hall–Kier alpha value is -1.41. The van der Waals surface area contributed by atoms with Crippen LogP contribution in [-0.2, 0) is 14.8 Å². The Morgan fingerprint density at radius 1 is 1.22 bits per heavy atom. The number of amides is 1. The summed E-state index contributed by atoms with van der Waals surface area (Å²) in [6.07, 6.45) is 1.30. The van der Waals surface area contributed by atoms with Gasteiger partial charge in [-0.1, -0.05) is 27.5 Å². The fourth-order valence-electron chi connectivity index (χ4n) is 3.13. The first-order chi connectivity index (χ1) is 12.8. The van der Waals surface area contributed by atoms with Crippen molar-refractivity contribution >= 4 is 49.1 Å². The molecule has 0 bridgehead atoms. The molecule has 0 spiro atoms. The number of benzene rings is 2. The van der Waals surface area contributed by atoms with Crippen LogP contribution in [0.3, 0.4) is 0 Å². The first-order valence-electron chi connectivity index (χ1n) is 8.60. The molecule has 1 amide bonds. The molecule has 1 heterocycles. The zero-order valence-corrected chi connectivity index (χ0v) is 17.9. The van der Waals surface area contributed by atoms with E-state index in [0.717, 1.165) is 10.0 Å².